The van der Waals surface area contributed by atoms with E-state index >= 15 is 0 Å². The number of rotatable bonds is 6. The molecule has 2 heterocycles. The lowest BCUT2D eigenvalue weighted by atomic mass is 10.1. The van der Waals surface area contributed by atoms with E-state index in [4.69, 9.17) is 0 Å². The van der Waals surface area contributed by atoms with E-state index in [-0.39, 0.29) is 5.91 Å². The number of sulfonamides is 1. The van der Waals surface area contributed by atoms with Crippen molar-refractivity contribution in [2.24, 2.45) is 4.99 Å². The van der Waals surface area contributed by atoms with Crippen LogP contribution in [0.3, 0.4) is 0 Å². The van der Waals surface area contributed by atoms with Crippen LogP contribution in [0.4, 0.5) is 0 Å². The Bertz CT molecular complexity index is 581. The molecule has 2 rings (SSSR count). The second-order valence-electron chi connectivity index (χ2n) is 6.85. The Morgan fingerprint density at radius 1 is 0.962 bits per heavy atom. The highest BCUT2D eigenvalue weighted by atomic mass is 32.2. The maximum absolute atomic E-state index is 12.4. The van der Waals surface area contributed by atoms with Crippen LogP contribution in [0.1, 0.15) is 19.3 Å². The standard InChI is InChI=1S/C16H32N6O3S/c1-17-16(18-6-7-19-26(2,24)25)22-12-10-20(11-13-22)14-15(23)21-8-4-3-5-9-21/h19H,3-14H2,1-2H3,(H,17,18). The fourth-order valence-electron chi connectivity index (χ4n) is 3.30. The van der Waals surface area contributed by atoms with Crippen molar-refractivity contribution < 1.29 is 13.2 Å². The fourth-order valence-corrected chi connectivity index (χ4v) is 3.77. The van der Waals surface area contributed by atoms with E-state index in [0.717, 1.165) is 64.3 Å². The molecule has 2 saturated heterocycles. The minimum absolute atomic E-state index is 0.243. The summed E-state index contributed by atoms with van der Waals surface area (Å²) in [6, 6.07) is 0. The van der Waals surface area contributed by atoms with Gasteiger partial charge >= 0.3 is 0 Å². The first-order chi connectivity index (χ1) is 12.4. The van der Waals surface area contributed by atoms with Gasteiger partial charge in [0.25, 0.3) is 0 Å². The van der Waals surface area contributed by atoms with Gasteiger partial charge in [-0.05, 0) is 19.3 Å². The minimum atomic E-state index is -3.17. The van der Waals surface area contributed by atoms with Crippen molar-refractivity contribution in [2.45, 2.75) is 19.3 Å². The number of aliphatic imine (C=N–C) groups is 1. The molecule has 2 aliphatic rings. The number of carbonyl (C=O) groups excluding carboxylic acids is 1. The van der Waals surface area contributed by atoms with Crippen LogP contribution in [-0.4, -0.2) is 107 Å². The largest absolute Gasteiger partial charge is 0.355 e. The molecule has 0 spiro atoms. The number of nitrogens with zero attached hydrogens (tertiary/aromatic N) is 4. The summed E-state index contributed by atoms with van der Waals surface area (Å²) in [7, 11) is -1.45. The molecule has 150 valence electrons. The lowest BCUT2D eigenvalue weighted by Crippen LogP contribution is -2.55. The monoisotopic (exact) mass is 388 g/mol. The molecule has 0 atom stereocenters. The number of guanidine groups is 1. The molecule has 0 aliphatic carbocycles. The van der Waals surface area contributed by atoms with E-state index in [1.807, 2.05) is 4.90 Å². The number of carbonyl (C=O) groups is 1. The molecule has 0 aromatic rings. The minimum Gasteiger partial charge on any atom is -0.355 e. The van der Waals surface area contributed by atoms with Crippen molar-refractivity contribution >= 4 is 21.9 Å². The molecule has 0 unspecified atom stereocenters. The molecule has 2 N–H and O–H groups in total. The summed E-state index contributed by atoms with van der Waals surface area (Å²) in [4.78, 5) is 23.0. The Hall–Kier alpha value is -1.39. The van der Waals surface area contributed by atoms with Gasteiger partial charge in [0.1, 0.15) is 0 Å². The number of hydrogen-bond acceptors (Lipinski definition) is 5. The number of nitrogens with one attached hydrogen (secondary N) is 2. The van der Waals surface area contributed by atoms with Gasteiger partial charge in [-0.25, -0.2) is 13.1 Å². The van der Waals surface area contributed by atoms with Crippen LogP contribution < -0.4 is 10.0 Å². The molecule has 26 heavy (non-hydrogen) atoms. The molecule has 9 nitrogen and oxygen atoms in total. The maximum Gasteiger partial charge on any atom is 0.236 e. The molecule has 2 fully saturated rings. The molecular formula is C16H32N6O3S. The summed E-state index contributed by atoms with van der Waals surface area (Å²) in [5.74, 6) is 1.01. The molecule has 0 saturated carbocycles. The molecule has 0 aromatic carbocycles. The van der Waals surface area contributed by atoms with Crippen LogP contribution in [0.5, 0.6) is 0 Å². The van der Waals surface area contributed by atoms with E-state index in [1.165, 1.54) is 6.42 Å². The van der Waals surface area contributed by atoms with Crippen LogP contribution in [0, 0.1) is 0 Å². The van der Waals surface area contributed by atoms with Crippen molar-refractivity contribution in [2.75, 3.05) is 72.2 Å². The summed E-state index contributed by atoms with van der Waals surface area (Å²) in [5.41, 5.74) is 0. The molecular weight excluding hydrogens is 356 g/mol. The van der Waals surface area contributed by atoms with Gasteiger partial charge in [0.15, 0.2) is 5.96 Å². The summed E-state index contributed by atoms with van der Waals surface area (Å²) in [6.07, 6.45) is 4.62. The number of likely N-dealkylation sites (tertiary alicyclic amines) is 1. The quantitative estimate of drug-likeness (QED) is 0.335. The van der Waals surface area contributed by atoms with E-state index in [9.17, 15) is 13.2 Å². The summed E-state index contributed by atoms with van der Waals surface area (Å²) < 4.78 is 24.6. The van der Waals surface area contributed by atoms with Crippen molar-refractivity contribution in [1.29, 1.82) is 0 Å². The van der Waals surface area contributed by atoms with Gasteiger partial charge < -0.3 is 15.1 Å². The lowest BCUT2D eigenvalue weighted by Gasteiger charge is -2.37. The molecule has 0 bridgehead atoms. The smallest absolute Gasteiger partial charge is 0.236 e. The van der Waals surface area contributed by atoms with Crippen molar-refractivity contribution in [1.82, 2.24) is 24.7 Å². The normalized spacial score (nSPS) is 20.3. The average molecular weight is 389 g/mol. The first kappa shape index (κ1) is 20.9. The highest BCUT2D eigenvalue weighted by Crippen LogP contribution is 2.10. The van der Waals surface area contributed by atoms with Gasteiger partial charge in [0.2, 0.25) is 15.9 Å². The Morgan fingerprint density at radius 2 is 1.62 bits per heavy atom. The molecule has 0 radical (unpaired) electrons. The SMILES string of the molecule is CN=C(NCCNS(C)(=O)=O)N1CCN(CC(=O)N2CCCCC2)CC1. The predicted octanol–water partition coefficient (Wildman–Crippen LogP) is -1.26. The van der Waals surface area contributed by atoms with Crippen LogP contribution >= 0.6 is 0 Å². The van der Waals surface area contributed by atoms with Crippen LogP contribution in [0.15, 0.2) is 4.99 Å². The van der Waals surface area contributed by atoms with Crippen LogP contribution in [0.2, 0.25) is 0 Å². The molecule has 0 aromatic heterocycles. The average Bonchev–Trinajstić information content (AvgIpc) is 2.62. The Kier molecular flexibility index (Phi) is 8.11. The number of amides is 1. The van der Waals surface area contributed by atoms with Gasteiger partial charge in [-0.1, -0.05) is 0 Å². The van der Waals surface area contributed by atoms with Crippen molar-refractivity contribution in [3.05, 3.63) is 0 Å². The van der Waals surface area contributed by atoms with Gasteiger partial charge in [0, 0.05) is 59.4 Å². The van der Waals surface area contributed by atoms with Crippen molar-refractivity contribution in [3.8, 4) is 0 Å². The molecule has 1 amide bonds. The third-order valence-corrected chi connectivity index (χ3v) is 5.45. The van der Waals surface area contributed by atoms with E-state index in [1.54, 1.807) is 7.05 Å². The van der Waals surface area contributed by atoms with Gasteiger partial charge in [-0.3, -0.25) is 14.7 Å². The van der Waals surface area contributed by atoms with Crippen LogP contribution in [0.25, 0.3) is 0 Å². The Labute approximate surface area is 156 Å². The summed E-state index contributed by atoms with van der Waals surface area (Å²) in [6.45, 7) is 6.34. The predicted molar refractivity (Wildman–Crippen MR) is 103 cm³/mol. The Morgan fingerprint density at radius 3 is 2.19 bits per heavy atom. The second kappa shape index (κ2) is 10.1. The second-order valence-corrected chi connectivity index (χ2v) is 8.68. The maximum atomic E-state index is 12.4. The van der Waals surface area contributed by atoms with Crippen LogP contribution in [-0.2, 0) is 14.8 Å². The zero-order valence-corrected chi connectivity index (χ0v) is 16.7. The highest BCUT2D eigenvalue weighted by molar-refractivity contribution is 7.88. The lowest BCUT2D eigenvalue weighted by molar-refractivity contribution is -0.133. The van der Waals surface area contributed by atoms with Gasteiger partial charge in [-0.2, -0.15) is 0 Å². The van der Waals surface area contributed by atoms with E-state index in [2.05, 4.69) is 24.8 Å². The number of piperidine rings is 1. The fraction of sp³-hybridized carbons (Fsp3) is 0.875. The number of hydrogen-bond donors (Lipinski definition) is 2. The zero-order chi connectivity index (χ0) is 19.0. The first-order valence-electron chi connectivity index (χ1n) is 9.29. The highest BCUT2D eigenvalue weighted by Gasteiger charge is 2.23. The van der Waals surface area contributed by atoms with Gasteiger partial charge in [-0.15, -0.1) is 0 Å². The molecule has 10 heteroatoms. The molecule has 2 aliphatic heterocycles. The zero-order valence-electron chi connectivity index (χ0n) is 15.9. The third kappa shape index (κ3) is 7.08. The first-order valence-corrected chi connectivity index (χ1v) is 11.2. The summed E-state index contributed by atoms with van der Waals surface area (Å²) in [5, 5.41) is 3.17. The Balaban J connectivity index is 1.69. The van der Waals surface area contributed by atoms with E-state index < -0.39 is 10.0 Å². The van der Waals surface area contributed by atoms with Gasteiger partial charge in [0.05, 0.1) is 12.8 Å². The third-order valence-electron chi connectivity index (χ3n) is 4.72. The van der Waals surface area contributed by atoms with Crippen molar-refractivity contribution in [3.63, 3.8) is 0 Å². The van der Waals surface area contributed by atoms with E-state index in [0.29, 0.717) is 19.6 Å². The topological polar surface area (TPSA) is 97.3 Å². The summed E-state index contributed by atoms with van der Waals surface area (Å²) >= 11 is 0. The number of piperazine rings is 1.